The lowest BCUT2D eigenvalue weighted by molar-refractivity contribution is -0.385. The molecule has 2 amide bonds. The molecule has 1 N–H and O–H groups in total. The molecule has 0 spiro atoms. The van der Waals surface area contributed by atoms with Gasteiger partial charge >= 0.3 is 0 Å². The highest BCUT2D eigenvalue weighted by Gasteiger charge is 2.31. The predicted octanol–water partition coefficient (Wildman–Crippen LogP) is 1.46. The van der Waals surface area contributed by atoms with Gasteiger partial charge < -0.3 is 5.32 Å². The van der Waals surface area contributed by atoms with Crippen LogP contribution >= 0.6 is 0 Å². The minimum atomic E-state index is -0.474. The maximum Gasteiger partial charge on any atom is 0.272 e. The van der Waals surface area contributed by atoms with E-state index in [-0.39, 0.29) is 17.5 Å². The number of hydrogen-bond acceptors (Lipinski definition) is 5. The van der Waals surface area contributed by atoms with E-state index in [0.717, 1.165) is 4.90 Å². The van der Waals surface area contributed by atoms with E-state index >= 15 is 0 Å². The van der Waals surface area contributed by atoms with E-state index in [4.69, 9.17) is 0 Å². The Morgan fingerprint density at radius 2 is 2.10 bits per heavy atom. The van der Waals surface area contributed by atoms with Gasteiger partial charge in [0.25, 0.3) is 11.6 Å². The topological polar surface area (TPSA) is 92.6 Å². The van der Waals surface area contributed by atoms with Gasteiger partial charge in [0.05, 0.1) is 4.92 Å². The molecule has 0 bridgehead atoms. The standard InChI is InChI=1S/C13H15N3O4/c1-8-7-9(3-5-11(8)16(19)20)14-10-4-6-12(17)15(2)13(10)18/h3,5,7,10,14H,4,6H2,1-2H3. The summed E-state index contributed by atoms with van der Waals surface area (Å²) in [5, 5.41) is 13.8. The average Bonchev–Trinajstić information content (AvgIpc) is 2.39. The highest BCUT2D eigenvalue weighted by atomic mass is 16.6. The van der Waals surface area contributed by atoms with Crippen LogP contribution in [0.5, 0.6) is 0 Å². The number of likely N-dealkylation sites (N-methyl/N-ethyl adjacent to an activating group) is 1. The lowest BCUT2D eigenvalue weighted by Gasteiger charge is -2.28. The number of rotatable bonds is 3. The second kappa shape index (κ2) is 5.28. The normalized spacial score (nSPS) is 19.1. The van der Waals surface area contributed by atoms with E-state index in [2.05, 4.69) is 5.32 Å². The van der Waals surface area contributed by atoms with Crippen molar-refractivity contribution in [3.8, 4) is 0 Å². The van der Waals surface area contributed by atoms with Gasteiger partial charge in [-0.1, -0.05) is 0 Å². The Balaban J connectivity index is 2.14. The molecule has 1 aliphatic rings. The molecule has 1 aromatic carbocycles. The fourth-order valence-electron chi connectivity index (χ4n) is 2.20. The van der Waals surface area contributed by atoms with Gasteiger partial charge in [-0.3, -0.25) is 24.6 Å². The number of carbonyl (C=O) groups excluding carboxylic acids is 2. The minimum Gasteiger partial charge on any atom is -0.374 e. The number of carbonyl (C=O) groups is 2. The number of imide groups is 1. The summed E-state index contributed by atoms with van der Waals surface area (Å²) in [5.74, 6) is -0.467. The van der Waals surface area contributed by atoms with Crippen LogP contribution in [0.25, 0.3) is 0 Å². The lowest BCUT2D eigenvalue weighted by Crippen LogP contribution is -2.48. The molecule has 7 nitrogen and oxygen atoms in total. The van der Waals surface area contributed by atoms with Crippen LogP contribution in [0.1, 0.15) is 18.4 Å². The molecule has 106 valence electrons. The van der Waals surface area contributed by atoms with Gasteiger partial charge in [0.15, 0.2) is 0 Å². The van der Waals surface area contributed by atoms with Crippen LogP contribution in [-0.4, -0.2) is 34.7 Å². The van der Waals surface area contributed by atoms with Crippen LogP contribution in [0.2, 0.25) is 0 Å². The van der Waals surface area contributed by atoms with Gasteiger partial charge in [0, 0.05) is 30.8 Å². The van der Waals surface area contributed by atoms with E-state index in [1.54, 1.807) is 19.1 Å². The molecular formula is C13H15N3O4. The van der Waals surface area contributed by atoms with E-state index in [1.165, 1.54) is 13.1 Å². The van der Waals surface area contributed by atoms with Gasteiger partial charge in [-0.05, 0) is 25.5 Å². The molecule has 1 aliphatic heterocycles. The summed E-state index contributed by atoms with van der Waals surface area (Å²) in [6.07, 6.45) is 0.740. The molecule has 1 heterocycles. The second-order valence-electron chi connectivity index (χ2n) is 4.78. The molecule has 0 saturated carbocycles. The number of piperidine rings is 1. The Morgan fingerprint density at radius 3 is 2.70 bits per heavy atom. The second-order valence-corrected chi connectivity index (χ2v) is 4.78. The number of nitrogens with zero attached hydrogens (tertiary/aromatic N) is 2. The predicted molar refractivity (Wildman–Crippen MR) is 72.3 cm³/mol. The third-order valence-electron chi connectivity index (χ3n) is 3.38. The summed E-state index contributed by atoms with van der Waals surface area (Å²) in [6, 6.07) is 4.12. The first-order valence-corrected chi connectivity index (χ1v) is 6.22. The molecule has 1 unspecified atom stereocenters. The van der Waals surface area contributed by atoms with E-state index in [0.29, 0.717) is 24.1 Å². The maximum absolute atomic E-state index is 11.9. The highest BCUT2D eigenvalue weighted by Crippen LogP contribution is 2.23. The van der Waals surface area contributed by atoms with Gasteiger partial charge in [-0.15, -0.1) is 0 Å². The quantitative estimate of drug-likeness (QED) is 0.513. The van der Waals surface area contributed by atoms with Crippen molar-refractivity contribution < 1.29 is 14.5 Å². The van der Waals surface area contributed by atoms with E-state index in [1.807, 2.05) is 0 Å². The van der Waals surface area contributed by atoms with E-state index in [9.17, 15) is 19.7 Å². The molecule has 1 aromatic rings. The Labute approximate surface area is 115 Å². The zero-order valence-electron chi connectivity index (χ0n) is 11.3. The number of nitro groups is 1. The van der Waals surface area contributed by atoms with Gasteiger partial charge in [-0.2, -0.15) is 0 Å². The Morgan fingerprint density at radius 1 is 1.40 bits per heavy atom. The summed E-state index contributed by atoms with van der Waals surface area (Å²) in [6.45, 7) is 1.64. The average molecular weight is 277 g/mol. The summed E-state index contributed by atoms with van der Waals surface area (Å²) < 4.78 is 0. The molecule has 1 atom stereocenters. The van der Waals surface area contributed by atoms with Crippen LogP contribution in [0.4, 0.5) is 11.4 Å². The van der Waals surface area contributed by atoms with Crippen LogP contribution in [0.15, 0.2) is 18.2 Å². The first-order chi connectivity index (χ1) is 9.40. The Kier molecular flexibility index (Phi) is 3.69. The number of aryl methyl sites for hydroxylation is 1. The van der Waals surface area contributed by atoms with Crippen molar-refractivity contribution in [2.75, 3.05) is 12.4 Å². The van der Waals surface area contributed by atoms with Crippen molar-refractivity contribution in [3.05, 3.63) is 33.9 Å². The number of nitrogens with one attached hydrogen (secondary N) is 1. The van der Waals surface area contributed by atoms with Crippen molar-refractivity contribution in [3.63, 3.8) is 0 Å². The van der Waals surface area contributed by atoms with Crippen molar-refractivity contribution in [2.45, 2.75) is 25.8 Å². The first-order valence-electron chi connectivity index (χ1n) is 6.22. The van der Waals surface area contributed by atoms with Crippen LogP contribution in [-0.2, 0) is 9.59 Å². The molecule has 0 aromatic heterocycles. The molecule has 0 radical (unpaired) electrons. The van der Waals surface area contributed by atoms with Crippen molar-refractivity contribution in [2.24, 2.45) is 0 Å². The monoisotopic (exact) mass is 277 g/mol. The summed E-state index contributed by atoms with van der Waals surface area (Å²) in [5.41, 5.74) is 1.19. The number of benzene rings is 1. The maximum atomic E-state index is 11.9. The van der Waals surface area contributed by atoms with Gasteiger partial charge in [-0.25, -0.2) is 0 Å². The summed E-state index contributed by atoms with van der Waals surface area (Å²) >= 11 is 0. The molecule has 7 heteroatoms. The smallest absolute Gasteiger partial charge is 0.272 e. The minimum absolute atomic E-state index is 0.0396. The number of amides is 2. The van der Waals surface area contributed by atoms with Crippen molar-refractivity contribution in [1.29, 1.82) is 0 Å². The SMILES string of the molecule is Cc1cc(NC2CCC(=O)N(C)C2=O)ccc1[N+](=O)[O-]. The zero-order chi connectivity index (χ0) is 14.9. The van der Waals surface area contributed by atoms with Crippen LogP contribution in [0.3, 0.4) is 0 Å². The molecule has 20 heavy (non-hydrogen) atoms. The van der Waals surface area contributed by atoms with Gasteiger partial charge in [0.1, 0.15) is 6.04 Å². The zero-order valence-corrected chi connectivity index (χ0v) is 11.3. The number of likely N-dealkylation sites (tertiary alicyclic amines) is 1. The third-order valence-corrected chi connectivity index (χ3v) is 3.38. The van der Waals surface area contributed by atoms with Crippen molar-refractivity contribution >= 4 is 23.2 Å². The molecule has 0 aliphatic carbocycles. The van der Waals surface area contributed by atoms with E-state index < -0.39 is 11.0 Å². The largest absolute Gasteiger partial charge is 0.374 e. The number of nitro benzene ring substituents is 1. The Hall–Kier alpha value is -2.44. The molecule has 2 rings (SSSR count). The lowest BCUT2D eigenvalue weighted by atomic mass is 10.0. The van der Waals surface area contributed by atoms with Crippen molar-refractivity contribution in [1.82, 2.24) is 4.90 Å². The number of anilines is 1. The molecular weight excluding hydrogens is 262 g/mol. The third kappa shape index (κ3) is 2.61. The Bertz CT molecular complexity index is 585. The van der Waals surface area contributed by atoms with Crippen LogP contribution < -0.4 is 5.32 Å². The molecule has 1 fully saturated rings. The fourth-order valence-corrected chi connectivity index (χ4v) is 2.20. The van der Waals surface area contributed by atoms with Gasteiger partial charge in [0.2, 0.25) is 5.91 Å². The first kappa shape index (κ1) is 14.0. The summed E-state index contributed by atoms with van der Waals surface area (Å²) in [7, 11) is 1.46. The van der Waals surface area contributed by atoms with Crippen LogP contribution in [0, 0.1) is 17.0 Å². The number of hydrogen-bond donors (Lipinski definition) is 1. The fraction of sp³-hybridized carbons (Fsp3) is 0.385. The highest BCUT2D eigenvalue weighted by molar-refractivity contribution is 6.01. The summed E-state index contributed by atoms with van der Waals surface area (Å²) in [4.78, 5) is 34.7. The molecule has 1 saturated heterocycles.